The van der Waals surface area contributed by atoms with E-state index in [9.17, 15) is 9.90 Å². The molecule has 9 heteroatoms. The Morgan fingerprint density at radius 1 is 1.31 bits per heavy atom. The zero-order valence-corrected chi connectivity index (χ0v) is 14.9. The first kappa shape index (κ1) is 18.0. The summed E-state index contributed by atoms with van der Waals surface area (Å²) in [6, 6.07) is 1.84. The number of rotatable bonds is 5. The van der Waals surface area contributed by atoms with Crippen molar-refractivity contribution >= 4 is 17.5 Å². The van der Waals surface area contributed by atoms with Gasteiger partial charge in [-0.1, -0.05) is 0 Å². The van der Waals surface area contributed by atoms with Crippen molar-refractivity contribution in [3.8, 4) is 0 Å². The fourth-order valence-corrected chi connectivity index (χ4v) is 2.95. The maximum Gasteiger partial charge on any atom is 0.271 e. The predicted molar refractivity (Wildman–Crippen MR) is 97.1 cm³/mol. The highest BCUT2D eigenvalue weighted by Gasteiger charge is 2.34. The highest BCUT2D eigenvalue weighted by Crippen LogP contribution is 2.25. The molecule has 0 radical (unpaired) electrons. The number of hydrogen-bond acceptors (Lipinski definition) is 8. The highest BCUT2D eigenvalue weighted by atomic mass is 16.3. The van der Waals surface area contributed by atoms with Gasteiger partial charge < -0.3 is 20.6 Å². The second-order valence-corrected chi connectivity index (χ2v) is 6.49. The number of nitrogens with zero attached hydrogens (tertiary/aromatic N) is 5. The standard InChI is InChI=1S/C17H23N7O2/c1-12-7-20-13(8-19-12)16(25)21-9-17(26)4-3-5-24(10-17)15-6-14(18-2)22-11-23-15/h6-8,11,26H,3-5,9-10H2,1-2H3,(H,21,25)(H,18,22,23)/t17-/m0/s1. The number of carbonyl (C=O) groups is 1. The second kappa shape index (κ2) is 7.61. The minimum absolute atomic E-state index is 0.141. The van der Waals surface area contributed by atoms with E-state index in [1.165, 1.54) is 12.5 Å². The molecule has 9 nitrogen and oxygen atoms in total. The van der Waals surface area contributed by atoms with Crippen molar-refractivity contribution in [2.24, 2.45) is 0 Å². The molecule has 1 fully saturated rings. The number of aliphatic hydroxyl groups is 1. The molecule has 1 atom stereocenters. The molecule has 3 N–H and O–H groups in total. The molecule has 3 rings (SSSR count). The Labute approximate surface area is 151 Å². The normalized spacial score (nSPS) is 19.9. The van der Waals surface area contributed by atoms with E-state index in [1.807, 2.05) is 11.0 Å². The smallest absolute Gasteiger partial charge is 0.271 e. The minimum Gasteiger partial charge on any atom is -0.386 e. The Bertz CT molecular complexity index is 768. The maximum absolute atomic E-state index is 12.2. The molecule has 1 saturated heterocycles. The van der Waals surface area contributed by atoms with Crippen molar-refractivity contribution in [1.29, 1.82) is 0 Å². The van der Waals surface area contributed by atoms with Crippen molar-refractivity contribution in [3.63, 3.8) is 0 Å². The number of hydrogen-bond donors (Lipinski definition) is 3. The van der Waals surface area contributed by atoms with Crippen LogP contribution < -0.4 is 15.5 Å². The van der Waals surface area contributed by atoms with E-state index >= 15 is 0 Å². The number of nitrogens with one attached hydrogen (secondary N) is 2. The quantitative estimate of drug-likeness (QED) is 0.703. The van der Waals surface area contributed by atoms with E-state index in [0.29, 0.717) is 13.0 Å². The predicted octanol–water partition coefficient (Wildman–Crippen LogP) is 0.378. The fraction of sp³-hybridized carbons (Fsp3) is 0.471. The van der Waals surface area contributed by atoms with Crippen LogP contribution in [0.2, 0.25) is 0 Å². The highest BCUT2D eigenvalue weighted by molar-refractivity contribution is 5.91. The van der Waals surface area contributed by atoms with Gasteiger partial charge in [-0.2, -0.15) is 0 Å². The Morgan fingerprint density at radius 2 is 2.15 bits per heavy atom. The van der Waals surface area contributed by atoms with Crippen LogP contribution in [-0.2, 0) is 0 Å². The van der Waals surface area contributed by atoms with Gasteiger partial charge in [-0.15, -0.1) is 0 Å². The van der Waals surface area contributed by atoms with Gasteiger partial charge >= 0.3 is 0 Å². The molecular weight excluding hydrogens is 334 g/mol. The van der Waals surface area contributed by atoms with Crippen molar-refractivity contribution in [1.82, 2.24) is 25.3 Å². The lowest BCUT2D eigenvalue weighted by atomic mass is 9.92. The van der Waals surface area contributed by atoms with E-state index < -0.39 is 5.60 Å². The maximum atomic E-state index is 12.2. The van der Waals surface area contributed by atoms with Gasteiger partial charge in [-0.25, -0.2) is 15.0 Å². The molecule has 26 heavy (non-hydrogen) atoms. The molecule has 2 aromatic rings. The SMILES string of the molecule is CNc1cc(N2CCC[C@](O)(CNC(=O)c3cnc(C)cn3)C2)ncn1. The van der Waals surface area contributed by atoms with Gasteiger partial charge in [0.25, 0.3) is 5.91 Å². The molecule has 0 spiro atoms. The molecule has 0 aliphatic carbocycles. The zero-order chi connectivity index (χ0) is 18.6. The minimum atomic E-state index is -1.03. The fourth-order valence-electron chi connectivity index (χ4n) is 2.95. The van der Waals surface area contributed by atoms with E-state index in [1.54, 1.807) is 20.2 Å². The average Bonchev–Trinajstić information content (AvgIpc) is 2.67. The van der Waals surface area contributed by atoms with E-state index in [-0.39, 0.29) is 18.1 Å². The summed E-state index contributed by atoms with van der Waals surface area (Å²) in [5.74, 6) is 1.12. The Morgan fingerprint density at radius 3 is 2.88 bits per heavy atom. The molecule has 0 aromatic carbocycles. The zero-order valence-electron chi connectivity index (χ0n) is 14.9. The molecule has 1 aliphatic rings. The Hall–Kier alpha value is -2.81. The largest absolute Gasteiger partial charge is 0.386 e. The average molecular weight is 357 g/mol. The van der Waals surface area contributed by atoms with Crippen molar-refractivity contribution < 1.29 is 9.90 Å². The summed E-state index contributed by atoms with van der Waals surface area (Å²) in [5.41, 5.74) is -0.0493. The van der Waals surface area contributed by atoms with Gasteiger partial charge in [0.15, 0.2) is 0 Å². The molecule has 0 unspecified atom stereocenters. The van der Waals surface area contributed by atoms with Crippen LogP contribution in [0.4, 0.5) is 11.6 Å². The first-order valence-electron chi connectivity index (χ1n) is 8.53. The Kier molecular flexibility index (Phi) is 5.27. The lowest BCUT2D eigenvalue weighted by Crippen LogP contribution is -2.54. The first-order chi connectivity index (χ1) is 12.5. The van der Waals surface area contributed by atoms with Crippen molar-refractivity contribution in [2.75, 3.05) is 36.9 Å². The summed E-state index contributed by atoms with van der Waals surface area (Å²) in [6.07, 6.45) is 5.87. The molecule has 1 aliphatic heterocycles. The third-order valence-electron chi connectivity index (χ3n) is 4.38. The third kappa shape index (κ3) is 4.23. The monoisotopic (exact) mass is 357 g/mol. The summed E-state index contributed by atoms with van der Waals surface area (Å²) in [4.78, 5) is 30.7. The summed E-state index contributed by atoms with van der Waals surface area (Å²) in [5, 5.41) is 16.7. The number of β-amino-alcohol motifs (C(OH)–C–C–N with tert-alkyl or cyclic N) is 1. The van der Waals surface area contributed by atoms with Gasteiger partial charge in [0.2, 0.25) is 0 Å². The second-order valence-electron chi connectivity index (χ2n) is 6.49. The molecule has 138 valence electrons. The molecule has 2 aromatic heterocycles. The number of carbonyl (C=O) groups excluding carboxylic acids is 1. The van der Waals surface area contributed by atoms with Gasteiger partial charge in [-0.3, -0.25) is 9.78 Å². The van der Waals surface area contributed by atoms with E-state index in [0.717, 1.165) is 30.3 Å². The topological polar surface area (TPSA) is 116 Å². The van der Waals surface area contributed by atoms with Gasteiger partial charge in [0, 0.05) is 38.9 Å². The summed E-state index contributed by atoms with van der Waals surface area (Å²) in [6.45, 7) is 3.12. The Balaban J connectivity index is 1.63. The molecule has 0 saturated carbocycles. The molecular formula is C17H23N7O2. The molecule has 3 heterocycles. The third-order valence-corrected chi connectivity index (χ3v) is 4.38. The number of aromatic nitrogens is 4. The van der Waals surface area contributed by atoms with Crippen LogP contribution in [0.3, 0.4) is 0 Å². The van der Waals surface area contributed by atoms with Gasteiger partial charge in [-0.05, 0) is 19.8 Å². The summed E-state index contributed by atoms with van der Waals surface area (Å²) < 4.78 is 0. The first-order valence-corrected chi connectivity index (χ1v) is 8.53. The van der Waals surface area contributed by atoms with Crippen LogP contribution in [0, 0.1) is 6.92 Å². The number of anilines is 2. The summed E-state index contributed by atoms with van der Waals surface area (Å²) >= 11 is 0. The lowest BCUT2D eigenvalue weighted by molar-refractivity contribution is 0.0253. The molecule has 1 amide bonds. The van der Waals surface area contributed by atoms with Crippen LogP contribution in [0.5, 0.6) is 0 Å². The van der Waals surface area contributed by atoms with E-state index in [2.05, 4.69) is 30.6 Å². The number of piperidine rings is 1. The van der Waals surface area contributed by atoms with Crippen LogP contribution in [0.1, 0.15) is 29.0 Å². The van der Waals surface area contributed by atoms with Crippen LogP contribution in [0.15, 0.2) is 24.8 Å². The van der Waals surface area contributed by atoms with Crippen LogP contribution in [-0.4, -0.2) is 63.2 Å². The lowest BCUT2D eigenvalue weighted by Gasteiger charge is -2.39. The number of amides is 1. The van der Waals surface area contributed by atoms with Crippen LogP contribution in [0.25, 0.3) is 0 Å². The summed E-state index contributed by atoms with van der Waals surface area (Å²) in [7, 11) is 1.79. The van der Waals surface area contributed by atoms with E-state index in [4.69, 9.17) is 0 Å². The van der Waals surface area contributed by atoms with Crippen molar-refractivity contribution in [2.45, 2.75) is 25.4 Å². The van der Waals surface area contributed by atoms with Gasteiger partial charge in [0.1, 0.15) is 23.7 Å². The van der Waals surface area contributed by atoms with Gasteiger partial charge in [0.05, 0.1) is 17.5 Å². The number of aryl methyl sites for hydroxylation is 1. The molecule has 0 bridgehead atoms. The van der Waals surface area contributed by atoms with Crippen molar-refractivity contribution in [3.05, 3.63) is 36.2 Å². The van der Waals surface area contributed by atoms with Crippen LogP contribution >= 0.6 is 0 Å².